The summed E-state index contributed by atoms with van der Waals surface area (Å²) in [6.45, 7) is 1.79. The van der Waals surface area contributed by atoms with Gasteiger partial charge in [0.15, 0.2) is 5.82 Å². The fourth-order valence-electron chi connectivity index (χ4n) is 2.40. The molecule has 0 bridgehead atoms. The molecule has 0 spiro atoms. The molecule has 0 aliphatic rings. The third-order valence-electron chi connectivity index (χ3n) is 3.64. The number of carbonyl (C=O) groups is 1. The average Bonchev–Trinajstić information content (AvgIpc) is 2.59. The van der Waals surface area contributed by atoms with Crippen LogP contribution < -0.4 is 10.4 Å². The number of nitrogens with one attached hydrogen (secondary N) is 1. The molecule has 1 heterocycles. The lowest BCUT2D eigenvalue weighted by Gasteiger charge is -2.20. The van der Waals surface area contributed by atoms with E-state index in [1.165, 1.54) is 0 Å². The van der Waals surface area contributed by atoms with Gasteiger partial charge in [-0.05, 0) is 18.6 Å². The summed E-state index contributed by atoms with van der Waals surface area (Å²) in [5.74, 6) is -0.0815. The highest BCUT2D eigenvalue weighted by atomic mass is 16.4. The van der Waals surface area contributed by atoms with Crippen LogP contribution >= 0.6 is 0 Å². The second-order valence-corrected chi connectivity index (χ2v) is 5.20. The van der Waals surface area contributed by atoms with E-state index >= 15 is 0 Å². The van der Waals surface area contributed by atoms with Gasteiger partial charge in [-0.1, -0.05) is 49.4 Å². The highest BCUT2D eigenvalue weighted by Gasteiger charge is 2.13. The molecule has 0 radical (unpaired) electrons. The summed E-state index contributed by atoms with van der Waals surface area (Å²) in [7, 11) is 0. The van der Waals surface area contributed by atoms with Crippen molar-refractivity contribution in [3.8, 4) is 11.4 Å². The Bertz CT molecular complexity index is 834. The molecule has 3 aromatic rings. The van der Waals surface area contributed by atoms with Crippen LogP contribution in [0.2, 0.25) is 0 Å². The van der Waals surface area contributed by atoms with Crippen LogP contribution in [0, 0.1) is 0 Å². The maximum Gasteiger partial charge on any atom is 0.162 e. The molecule has 2 aromatic carbocycles. The number of carboxylic acid groups (broad SMARTS) is 1. The monoisotopic (exact) mass is 306 g/mol. The van der Waals surface area contributed by atoms with Gasteiger partial charge < -0.3 is 15.2 Å². The second-order valence-electron chi connectivity index (χ2n) is 5.20. The van der Waals surface area contributed by atoms with Crippen molar-refractivity contribution in [1.29, 1.82) is 0 Å². The standard InChI is InChI=1S/C18H17N3O2/c1-2-14(18(22)23)19-17-13-10-6-7-11-15(13)20-16(21-17)12-8-4-3-5-9-12/h3-11,14H,2H2,1H3,(H,22,23)(H,19,20,21)/p-1/t14-/m1/s1. The molecule has 5 heteroatoms. The van der Waals surface area contributed by atoms with Crippen molar-refractivity contribution in [1.82, 2.24) is 9.97 Å². The van der Waals surface area contributed by atoms with E-state index in [9.17, 15) is 9.90 Å². The van der Waals surface area contributed by atoms with Crippen LogP contribution in [-0.4, -0.2) is 22.0 Å². The maximum absolute atomic E-state index is 11.2. The Morgan fingerprint density at radius 3 is 2.48 bits per heavy atom. The number of para-hydroxylation sites is 1. The van der Waals surface area contributed by atoms with Crippen molar-refractivity contribution in [2.45, 2.75) is 19.4 Å². The number of carbonyl (C=O) groups excluding carboxylic acids is 1. The van der Waals surface area contributed by atoms with Crippen LogP contribution in [0.4, 0.5) is 5.82 Å². The molecule has 3 rings (SSSR count). The van der Waals surface area contributed by atoms with Crippen LogP contribution in [-0.2, 0) is 4.79 Å². The summed E-state index contributed by atoms with van der Waals surface area (Å²) >= 11 is 0. The number of aromatic nitrogens is 2. The van der Waals surface area contributed by atoms with Gasteiger partial charge in [0.2, 0.25) is 0 Å². The quantitative estimate of drug-likeness (QED) is 0.782. The Balaban J connectivity index is 2.13. The zero-order chi connectivity index (χ0) is 16.2. The van der Waals surface area contributed by atoms with Crippen molar-refractivity contribution in [3.05, 3.63) is 54.6 Å². The number of aliphatic carboxylic acids is 1. The third-order valence-corrected chi connectivity index (χ3v) is 3.64. The summed E-state index contributed by atoms with van der Waals surface area (Å²) in [5, 5.41) is 15.0. The van der Waals surface area contributed by atoms with E-state index < -0.39 is 12.0 Å². The first-order valence-electron chi connectivity index (χ1n) is 7.48. The van der Waals surface area contributed by atoms with E-state index in [1.807, 2.05) is 54.6 Å². The van der Waals surface area contributed by atoms with Crippen molar-refractivity contribution in [2.24, 2.45) is 0 Å². The van der Waals surface area contributed by atoms with E-state index in [-0.39, 0.29) is 0 Å². The molecule has 0 aliphatic carbocycles. The van der Waals surface area contributed by atoms with Crippen LogP contribution in [0.3, 0.4) is 0 Å². The molecule has 0 saturated heterocycles. The molecular weight excluding hydrogens is 290 g/mol. The highest BCUT2D eigenvalue weighted by molar-refractivity contribution is 5.92. The minimum absolute atomic E-state index is 0.404. The van der Waals surface area contributed by atoms with Gasteiger partial charge in [-0.3, -0.25) is 0 Å². The predicted molar refractivity (Wildman–Crippen MR) is 87.7 cm³/mol. The van der Waals surface area contributed by atoms with Crippen LogP contribution in [0.15, 0.2) is 54.6 Å². The Kier molecular flexibility index (Phi) is 4.19. The van der Waals surface area contributed by atoms with E-state index in [0.29, 0.717) is 18.1 Å². The summed E-state index contributed by atoms with van der Waals surface area (Å²) in [6, 6.07) is 16.3. The van der Waals surface area contributed by atoms with Crippen LogP contribution in [0.5, 0.6) is 0 Å². The zero-order valence-electron chi connectivity index (χ0n) is 12.7. The SMILES string of the molecule is CC[C@@H](Nc1nc(-c2ccccc2)nc2ccccc12)C(=O)[O-]. The molecule has 0 saturated carbocycles. The van der Waals surface area contributed by atoms with Gasteiger partial charge in [-0.25, -0.2) is 9.97 Å². The summed E-state index contributed by atoms with van der Waals surface area (Å²) in [5.41, 5.74) is 1.64. The topological polar surface area (TPSA) is 77.9 Å². The Hall–Kier alpha value is -2.95. The first-order valence-corrected chi connectivity index (χ1v) is 7.48. The number of fused-ring (bicyclic) bond motifs is 1. The highest BCUT2D eigenvalue weighted by Crippen LogP contribution is 2.25. The summed E-state index contributed by atoms with van der Waals surface area (Å²) < 4.78 is 0. The van der Waals surface area contributed by atoms with Crippen LogP contribution in [0.25, 0.3) is 22.3 Å². The van der Waals surface area contributed by atoms with Crippen molar-refractivity contribution in [3.63, 3.8) is 0 Å². The van der Waals surface area contributed by atoms with Crippen LogP contribution in [0.1, 0.15) is 13.3 Å². The van der Waals surface area contributed by atoms with Crippen molar-refractivity contribution < 1.29 is 9.90 Å². The number of carboxylic acids is 1. The number of benzene rings is 2. The van der Waals surface area contributed by atoms with Gasteiger partial charge in [0.25, 0.3) is 0 Å². The van der Waals surface area contributed by atoms with Gasteiger partial charge in [0.05, 0.1) is 17.5 Å². The van der Waals surface area contributed by atoms with E-state index in [2.05, 4.69) is 15.3 Å². The predicted octanol–water partition coefficient (Wildman–Crippen LogP) is 2.24. The van der Waals surface area contributed by atoms with Gasteiger partial charge in [-0.15, -0.1) is 0 Å². The van der Waals surface area contributed by atoms with E-state index in [4.69, 9.17) is 0 Å². The molecule has 0 fully saturated rings. The summed E-state index contributed by atoms with van der Waals surface area (Å²) in [4.78, 5) is 20.3. The molecular formula is C18H16N3O2-. The third kappa shape index (κ3) is 3.13. The Morgan fingerprint density at radius 2 is 1.78 bits per heavy atom. The first kappa shape index (κ1) is 15.0. The van der Waals surface area contributed by atoms with Crippen molar-refractivity contribution in [2.75, 3.05) is 5.32 Å². The van der Waals surface area contributed by atoms with E-state index in [1.54, 1.807) is 6.92 Å². The first-order chi connectivity index (χ1) is 11.2. The van der Waals surface area contributed by atoms with Gasteiger partial charge >= 0.3 is 0 Å². The number of hydrogen-bond donors (Lipinski definition) is 1. The van der Waals surface area contributed by atoms with Gasteiger partial charge in [-0.2, -0.15) is 0 Å². The lowest BCUT2D eigenvalue weighted by atomic mass is 10.1. The Labute approximate surface area is 134 Å². The molecule has 0 amide bonds. The molecule has 1 N–H and O–H groups in total. The molecule has 5 nitrogen and oxygen atoms in total. The average molecular weight is 306 g/mol. The largest absolute Gasteiger partial charge is 0.548 e. The fraction of sp³-hybridized carbons (Fsp3) is 0.167. The normalized spacial score (nSPS) is 12.0. The zero-order valence-corrected chi connectivity index (χ0v) is 12.7. The number of anilines is 1. The minimum atomic E-state index is -1.14. The number of rotatable bonds is 5. The molecule has 0 aliphatic heterocycles. The number of nitrogens with zero attached hydrogens (tertiary/aromatic N) is 2. The van der Waals surface area contributed by atoms with Crippen molar-refractivity contribution >= 4 is 22.7 Å². The molecule has 0 unspecified atom stereocenters. The maximum atomic E-state index is 11.2. The number of hydrogen-bond acceptors (Lipinski definition) is 5. The minimum Gasteiger partial charge on any atom is -0.548 e. The molecule has 116 valence electrons. The van der Waals surface area contributed by atoms with Gasteiger partial charge in [0, 0.05) is 10.9 Å². The Morgan fingerprint density at radius 1 is 1.09 bits per heavy atom. The lowest BCUT2D eigenvalue weighted by Crippen LogP contribution is -2.40. The molecule has 1 aromatic heterocycles. The lowest BCUT2D eigenvalue weighted by molar-refractivity contribution is -0.306. The fourth-order valence-corrected chi connectivity index (χ4v) is 2.40. The second kappa shape index (κ2) is 6.44. The molecule has 1 atom stereocenters. The smallest absolute Gasteiger partial charge is 0.162 e. The molecule has 23 heavy (non-hydrogen) atoms. The van der Waals surface area contributed by atoms with E-state index in [0.717, 1.165) is 16.5 Å². The van der Waals surface area contributed by atoms with Gasteiger partial charge in [0.1, 0.15) is 5.82 Å². The summed E-state index contributed by atoms with van der Waals surface area (Å²) in [6.07, 6.45) is 0.404.